The van der Waals surface area contributed by atoms with Crippen molar-refractivity contribution in [3.63, 3.8) is 0 Å². The van der Waals surface area contributed by atoms with E-state index in [0.717, 1.165) is 16.8 Å². The second-order valence-electron chi connectivity index (χ2n) is 6.17. The van der Waals surface area contributed by atoms with Gasteiger partial charge in [0.25, 0.3) is 0 Å². The molecule has 0 aliphatic carbocycles. The Hall–Kier alpha value is -3.73. The topological polar surface area (TPSA) is 39.4 Å². The summed E-state index contributed by atoms with van der Waals surface area (Å²) in [7, 11) is 1.46. The van der Waals surface area contributed by atoms with Gasteiger partial charge in [0.2, 0.25) is 0 Å². The average Bonchev–Trinajstić information content (AvgIpc) is 3.17. The highest BCUT2D eigenvalue weighted by molar-refractivity contribution is 5.89. The molecule has 0 saturated heterocycles. The molecule has 138 valence electrons. The van der Waals surface area contributed by atoms with Crippen LogP contribution in [-0.4, -0.2) is 23.1 Å². The Bertz CT molecular complexity index is 1100. The summed E-state index contributed by atoms with van der Waals surface area (Å²) in [6.45, 7) is 0. The van der Waals surface area contributed by atoms with Crippen LogP contribution in [0, 0.1) is 5.82 Å². The first-order valence-corrected chi connectivity index (χ1v) is 8.83. The molecule has 4 nitrogen and oxygen atoms in total. The van der Waals surface area contributed by atoms with Crippen LogP contribution >= 0.6 is 0 Å². The summed E-state index contributed by atoms with van der Waals surface area (Å²) in [5.41, 5.74) is 4.80. The molecule has 0 bridgehead atoms. The number of rotatable bonds is 5. The summed E-state index contributed by atoms with van der Waals surface area (Å²) in [6, 6.07) is 24.7. The van der Waals surface area contributed by atoms with E-state index in [4.69, 9.17) is 4.84 Å². The molecule has 4 aromatic rings. The predicted octanol–water partition coefficient (Wildman–Crippen LogP) is 5.33. The van der Waals surface area contributed by atoms with Crippen molar-refractivity contribution in [3.05, 3.63) is 96.4 Å². The minimum absolute atomic E-state index is 0.322. The van der Waals surface area contributed by atoms with Crippen molar-refractivity contribution in [2.24, 2.45) is 5.16 Å². The largest absolute Gasteiger partial charge is 0.399 e. The molecule has 0 atom stereocenters. The standard InChI is InChI=1S/C23H18FN3O/c1-28-26-16-19-15-25-27(23(19)21-9-5-6-10-22(21)24)20-13-11-18(12-14-20)17-7-3-2-4-8-17/h2-16H,1H3. The van der Waals surface area contributed by atoms with Crippen LogP contribution in [0.5, 0.6) is 0 Å². The monoisotopic (exact) mass is 371 g/mol. The zero-order chi connectivity index (χ0) is 19.3. The van der Waals surface area contributed by atoms with Crippen molar-refractivity contribution in [2.45, 2.75) is 0 Å². The molecular weight excluding hydrogens is 353 g/mol. The molecule has 0 N–H and O–H groups in total. The number of benzene rings is 3. The highest BCUT2D eigenvalue weighted by Gasteiger charge is 2.16. The fourth-order valence-electron chi connectivity index (χ4n) is 3.11. The summed E-state index contributed by atoms with van der Waals surface area (Å²) in [4.78, 5) is 4.79. The van der Waals surface area contributed by atoms with Crippen LogP contribution in [0.15, 0.2) is 90.2 Å². The molecular formula is C23H18FN3O. The average molecular weight is 371 g/mol. The number of halogens is 1. The highest BCUT2D eigenvalue weighted by Crippen LogP contribution is 2.29. The lowest BCUT2D eigenvalue weighted by molar-refractivity contribution is 0.215. The maximum atomic E-state index is 14.5. The molecule has 0 aliphatic rings. The normalized spacial score (nSPS) is 11.1. The summed E-state index contributed by atoms with van der Waals surface area (Å²) in [5.74, 6) is -0.322. The fraction of sp³-hybridized carbons (Fsp3) is 0.0435. The van der Waals surface area contributed by atoms with Gasteiger partial charge in [-0.05, 0) is 35.4 Å². The van der Waals surface area contributed by atoms with Crippen molar-refractivity contribution in [2.75, 3.05) is 7.11 Å². The Kier molecular flexibility index (Phi) is 4.97. The summed E-state index contributed by atoms with van der Waals surface area (Å²) < 4.78 is 16.2. The molecule has 0 saturated carbocycles. The van der Waals surface area contributed by atoms with Crippen molar-refractivity contribution < 1.29 is 9.23 Å². The lowest BCUT2D eigenvalue weighted by atomic mass is 10.0. The fourth-order valence-corrected chi connectivity index (χ4v) is 3.11. The van der Waals surface area contributed by atoms with Gasteiger partial charge in [0, 0.05) is 11.1 Å². The van der Waals surface area contributed by atoms with Gasteiger partial charge in [-0.1, -0.05) is 59.8 Å². The zero-order valence-corrected chi connectivity index (χ0v) is 15.3. The van der Waals surface area contributed by atoms with E-state index in [-0.39, 0.29) is 5.82 Å². The molecule has 0 radical (unpaired) electrons. The molecule has 5 heteroatoms. The van der Waals surface area contributed by atoms with Crippen molar-refractivity contribution in [1.82, 2.24) is 9.78 Å². The molecule has 28 heavy (non-hydrogen) atoms. The van der Waals surface area contributed by atoms with Gasteiger partial charge >= 0.3 is 0 Å². The lowest BCUT2D eigenvalue weighted by Crippen LogP contribution is -2.01. The Balaban J connectivity index is 1.81. The number of oxime groups is 1. The van der Waals surface area contributed by atoms with Gasteiger partial charge in [-0.2, -0.15) is 5.10 Å². The molecule has 3 aromatic carbocycles. The second-order valence-corrected chi connectivity index (χ2v) is 6.17. The SMILES string of the molecule is CON=Cc1cnn(-c2ccc(-c3ccccc3)cc2)c1-c1ccccc1F. The van der Waals surface area contributed by atoms with Crippen LogP contribution in [0.2, 0.25) is 0 Å². The maximum absolute atomic E-state index is 14.5. The van der Waals surface area contributed by atoms with Gasteiger partial charge < -0.3 is 4.84 Å². The van der Waals surface area contributed by atoms with Gasteiger partial charge in [-0.15, -0.1) is 0 Å². The van der Waals surface area contributed by atoms with Gasteiger partial charge in [0.05, 0.1) is 23.8 Å². The van der Waals surface area contributed by atoms with Crippen LogP contribution in [0.3, 0.4) is 0 Å². The van der Waals surface area contributed by atoms with E-state index in [0.29, 0.717) is 16.8 Å². The van der Waals surface area contributed by atoms with Crippen molar-refractivity contribution >= 4 is 6.21 Å². The first kappa shape index (κ1) is 17.7. The highest BCUT2D eigenvalue weighted by atomic mass is 19.1. The third-order valence-electron chi connectivity index (χ3n) is 4.44. The van der Waals surface area contributed by atoms with E-state index in [1.54, 1.807) is 29.1 Å². The number of hydrogen-bond donors (Lipinski definition) is 0. The van der Waals surface area contributed by atoms with E-state index in [2.05, 4.69) is 22.4 Å². The van der Waals surface area contributed by atoms with Crippen molar-refractivity contribution in [3.8, 4) is 28.1 Å². The molecule has 0 spiro atoms. The summed E-state index contributed by atoms with van der Waals surface area (Å²) >= 11 is 0. The van der Waals surface area contributed by atoms with Crippen LogP contribution in [0.25, 0.3) is 28.1 Å². The van der Waals surface area contributed by atoms with Gasteiger partial charge in [-0.3, -0.25) is 0 Å². The minimum atomic E-state index is -0.322. The quantitative estimate of drug-likeness (QED) is 0.352. The predicted molar refractivity (Wildman–Crippen MR) is 109 cm³/mol. The summed E-state index contributed by atoms with van der Waals surface area (Å²) in [5, 5.41) is 8.28. The van der Waals surface area contributed by atoms with Crippen LogP contribution in [-0.2, 0) is 4.84 Å². The molecule has 0 unspecified atom stereocenters. The van der Waals surface area contributed by atoms with E-state index in [1.807, 2.05) is 42.5 Å². The number of hydrogen-bond acceptors (Lipinski definition) is 3. The first-order valence-electron chi connectivity index (χ1n) is 8.83. The van der Waals surface area contributed by atoms with Crippen LogP contribution in [0.4, 0.5) is 4.39 Å². The molecule has 0 aliphatic heterocycles. The van der Waals surface area contributed by atoms with E-state index in [9.17, 15) is 4.39 Å². The Labute approximate surface area is 162 Å². The van der Waals surface area contributed by atoms with E-state index >= 15 is 0 Å². The minimum Gasteiger partial charge on any atom is -0.399 e. The Morgan fingerprint density at radius 2 is 1.57 bits per heavy atom. The molecule has 1 aromatic heterocycles. The lowest BCUT2D eigenvalue weighted by Gasteiger charge is -2.11. The third-order valence-corrected chi connectivity index (χ3v) is 4.44. The van der Waals surface area contributed by atoms with Crippen LogP contribution in [0.1, 0.15) is 5.56 Å². The summed E-state index contributed by atoms with van der Waals surface area (Å²) in [6.07, 6.45) is 3.18. The van der Waals surface area contributed by atoms with E-state index < -0.39 is 0 Å². The van der Waals surface area contributed by atoms with Gasteiger partial charge in [0.1, 0.15) is 12.9 Å². The molecule has 4 rings (SSSR count). The third kappa shape index (κ3) is 3.42. The molecule has 1 heterocycles. The van der Waals surface area contributed by atoms with Crippen molar-refractivity contribution in [1.29, 1.82) is 0 Å². The number of aromatic nitrogens is 2. The van der Waals surface area contributed by atoms with Gasteiger partial charge in [-0.25, -0.2) is 9.07 Å². The van der Waals surface area contributed by atoms with Gasteiger partial charge in [0.15, 0.2) is 0 Å². The maximum Gasteiger partial charge on any atom is 0.132 e. The first-order chi connectivity index (χ1) is 13.8. The smallest absolute Gasteiger partial charge is 0.132 e. The van der Waals surface area contributed by atoms with Crippen LogP contribution < -0.4 is 0 Å². The second kappa shape index (κ2) is 7.88. The van der Waals surface area contributed by atoms with E-state index in [1.165, 1.54) is 19.4 Å². The number of nitrogens with zero attached hydrogens (tertiary/aromatic N) is 3. The zero-order valence-electron chi connectivity index (χ0n) is 15.3. The molecule has 0 fully saturated rings. The molecule has 0 amide bonds. The Morgan fingerprint density at radius 1 is 0.893 bits per heavy atom. The Morgan fingerprint density at radius 3 is 2.29 bits per heavy atom.